The standard InChI is InChI=1S/C31H32ClNO5/c1-7-38-25-14-19(10-13-24(25)34)27-26(28(35)22-15-20(31(4,5)6)11-8-17(22)2)29(36)30(37)33(27)23-16-21(32)12-9-18(23)3/h8-16,27,34-35H,7H2,1-6H3/b28-26+. The van der Waals surface area contributed by atoms with Crippen LogP contribution in [0.3, 0.4) is 0 Å². The minimum atomic E-state index is -0.982. The molecule has 4 rings (SSSR count). The molecule has 38 heavy (non-hydrogen) atoms. The number of Topliss-reactive ketones (excluding diaryl/α,β-unsaturated/α-hetero) is 1. The predicted molar refractivity (Wildman–Crippen MR) is 150 cm³/mol. The molecule has 0 spiro atoms. The topological polar surface area (TPSA) is 87.1 Å². The van der Waals surface area contributed by atoms with Crippen molar-refractivity contribution in [1.82, 2.24) is 0 Å². The first-order valence-electron chi connectivity index (χ1n) is 12.5. The number of aliphatic hydroxyl groups is 1. The number of hydrogen-bond donors (Lipinski definition) is 2. The third-order valence-corrected chi connectivity index (χ3v) is 7.07. The molecule has 1 aliphatic rings. The van der Waals surface area contributed by atoms with Gasteiger partial charge in [-0.15, -0.1) is 0 Å². The zero-order valence-electron chi connectivity index (χ0n) is 22.4. The summed E-state index contributed by atoms with van der Waals surface area (Å²) in [7, 11) is 0. The van der Waals surface area contributed by atoms with Gasteiger partial charge in [0, 0.05) is 16.3 Å². The van der Waals surface area contributed by atoms with Crippen molar-refractivity contribution in [3.63, 3.8) is 0 Å². The first kappa shape index (κ1) is 27.3. The molecule has 0 bridgehead atoms. The highest BCUT2D eigenvalue weighted by Gasteiger charge is 2.47. The lowest BCUT2D eigenvalue weighted by molar-refractivity contribution is -0.132. The summed E-state index contributed by atoms with van der Waals surface area (Å²) < 4.78 is 5.59. The maximum atomic E-state index is 13.6. The summed E-state index contributed by atoms with van der Waals surface area (Å²) in [5.74, 6) is -1.70. The van der Waals surface area contributed by atoms with Crippen LogP contribution in [-0.2, 0) is 15.0 Å². The molecule has 1 unspecified atom stereocenters. The van der Waals surface area contributed by atoms with E-state index in [0.717, 1.165) is 16.7 Å². The number of phenols is 1. The molecule has 7 heteroatoms. The monoisotopic (exact) mass is 533 g/mol. The Hall–Kier alpha value is -3.77. The third kappa shape index (κ3) is 4.88. The van der Waals surface area contributed by atoms with Crippen molar-refractivity contribution in [3.8, 4) is 11.5 Å². The molecule has 1 amide bonds. The summed E-state index contributed by atoms with van der Waals surface area (Å²) in [5.41, 5.74) is 3.66. The molecule has 3 aromatic carbocycles. The van der Waals surface area contributed by atoms with Gasteiger partial charge in [-0.1, -0.05) is 56.6 Å². The highest BCUT2D eigenvalue weighted by atomic mass is 35.5. The fraction of sp³-hybridized carbons (Fsp3) is 0.290. The maximum absolute atomic E-state index is 13.6. The zero-order valence-corrected chi connectivity index (χ0v) is 23.2. The molecule has 0 aromatic heterocycles. The average molecular weight is 534 g/mol. The van der Waals surface area contributed by atoms with Crippen LogP contribution in [0.25, 0.3) is 5.76 Å². The number of carbonyl (C=O) groups is 2. The predicted octanol–water partition coefficient (Wildman–Crippen LogP) is 6.98. The van der Waals surface area contributed by atoms with Crippen molar-refractivity contribution in [3.05, 3.63) is 93.0 Å². The number of aliphatic hydroxyl groups excluding tert-OH is 1. The van der Waals surface area contributed by atoms with Crippen LogP contribution in [0.1, 0.15) is 61.6 Å². The van der Waals surface area contributed by atoms with E-state index in [1.54, 1.807) is 37.3 Å². The molecule has 2 N–H and O–H groups in total. The van der Waals surface area contributed by atoms with Crippen molar-refractivity contribution < 1.29 is 24.5 Å². The Bertz CT molecular complexity index is 1470. The van der Waals surface area contributed by atoms with Gasteiger partial charge in [-0.05, 0) is 78.8 Å². The summed E-state index contributed by atoms with van der Waals surface area (Å²) in [4.78, 5) is 28.6. The minimum Gasteiger partial charge on any atom is -0.507 e. The summed E-state index contributed by atoms with van der Waals surface area (Å²) in [6.07, 6.45) is 0. The Morgan fingerprint density at radius 2 is 1.68 bits per heavy atom. The minimum absolute atomic E-state index is 0.0447. The Kier molecular flexibility index (Phi) is 7.31. The Morgan fingerprint density at radius 1 is 1.00 bits per heavy atom. The summed E-state index contributed by atoms with van der Waals surface area (Å²) >= 11 is 6.30. The van der Waals surface area contributed by atoms with E-state index >= 15 is 0 Å². The fourth-order valence-corrected chi connectivity index (χ4v) is 4.87. The summed E-state index contributed by atoms with van der Waals surface area (Å²) in [6, 6.07) is 14.5. The maximum Gasteiger partial charge on any atom is 0.300 e. The van der Waals surface area contributed by atoms with Crippen LogP contribution in [0.5, 0.6) is 11.5 Å². The van der Waals surface area contributed by atoms with E-state index in [1.165, 1.54) is 11.0 Å². The number of benzene rings is 3. The molecule has 0 saturated carbocycles. The van der Waals surface area contributed by atoms with Gasteiger partial charge in [-0.3, -0.25) is 14.5 Å². The van der Waals surface area contributed by atoms with Gasteiger partial charge in [-0.2, -0.15) is 0 Å². The van der Waals surface area contributed by atoms with Gasteiger partial charge in [0.2, 0.25) is 0 Å². The van der Waals surface area contributed by atoms with Gasteiger partial charge in [-0.25, -0.2) is 0 Å². The number of hydrogen-bond acceptors (Lipinski definition) is 5. The van der Waals surface area contributed by atoms with E-state index in [-0.39, 0.29) is 28.2 Å². The van der Waals surface area contributed by atoms with Gasteiger partial charge in [0.1, 0.15) is 5.76 Å². The van der Waals surface area contributed by atoms with Crippen molar-refractivity contribution in [2.24, 2.45) is 0 Å². The van der Waals surface area contributed by atoms with E-state index in [9.17, 15) is 19.8 Å². The van der Waals surface area contributed by atoms with Gasteiger partial charge in [0.25, 0.3) is 11.7 Å². The summed E-state index contributed by atoms with van der Waals surface area (Å²) in [6.45, 7) is 12.0. The number of ether oxygens (including phenoxy) is 1. The molecule has 3 aromatic rings. The van der Waals surface area contributed by atoms with E-state index in [2.05, 4.69) is 20.8 Å². The van der Waals surface area contributed by atoms with Gasteiger partial charge >= 0.3 is 0 Å². The number of nitrogens with zero attached hydrogens (tertiary/aromatic N) is 1. The van der Waals surface area contributed by atoms with Crippen LogP contribution in [0.15, 0.2) is 60.2 Å². The van der Waals surface area contributed by atoms with Gasteiger partial charge in [0.15, 0.2) is 11.5 Å². The molecule has 1 heterocycles. The molecule has 1 aliphatic heterocycles. The van der Waals surface area contributed by atoms with E-state index in [4.69, 9.17) is 16.3 Å². The first-order valence-corrected chi connectivity index (χ1v) is 12.9. The first-order chi connectivity index (χ1) is 17.8. The van der Waals surface area contributed by atoms with Crippen LogP contribution in [0.2, 0.25) is 5.02 Å². The molecular weight excluding hydrogens is 502 g/mol. The largest absolute Gasteiger partial charge is 0.507 e. The van der Waals surface area contributed by atoms with E-state index in [0.29, 0.717) is 28.4 Å². The van der Waals surface area contributed by atoms with Crippen LogP contribution < -0.4 is 9.64 Å². The fourth-order valence-electron chi connectivity index (χ4n) is 4.70. The highest BCUT2D eigenvalue weighted by Crippen LogP contribution is 2.45. The second-order valence-electron chi connectivity index (χ2n) is 10.5. The Balaban J connectivity index is 2.03. The smallest absolute Gasteiger partial charge is 0.300 e. The van der Waals surface area contributed by atoms with Crippen LogP contribution in [0.4, 0.5) is 5.69 Å². The van der Waals surface area contributed by atoms with Gasteiger partial charge < -0.3 is 14.9 Å². The van der Waals surface area contributed by atoms with Crippen molar-refractivity contribution in [2.75, 3.05) is 11.5 Å². The zero-order chi connectivity index (χ0) is 27.9. The highest BCUT2D eigenvalue weighted by molar-refractivity contribution is 6.52. The average Bonchev–Trinajstić information content (AvgIpc) is 3.11. The van der Waals surface area contributed by atoms with E-state index in [1.807, 2.05) is 32.0 Å². The second kappa shape index (κ2) is 10.2. The molecule has 1 atom stereocenters. The molecule has 198 valence electrons. The lowest BCUT2D eigenvalue weighted by Crippen LogP contribution is -2.30. The lowest BCUT2D eigenvalue weighted by Gasteiger charge is -2.27. The number of aromatic hydroxyl groups is 1. The SMILES string of the molecule is CCOc1cc(C2/C(=C(\O)c3cc(C(C)(C)C)ccc3C)C(=O)C(=O)N2c2cc(Cl)ccc2C)ccc1O. The molecular formula is C31H32ClNO5. The molecule has 6 nitrogen and oxygen atoms in total. The lowest BCUT2D eigenvalue weighted by atomic mass is 9.84. The second-order valence-corrected chi connectivity index (χ2v) is 11.0. The van der Waals surface area contributed by atoms with E-state index < -0.39 is 17.7 Å². The van der Waals surface area contributed by atoms with Crippen LogP contribution >= 0.6 is 11.6 Å². The normalized spacial score (nSPS) is 17.2. The number of carbonyl (C=O) groups excluding carboxylic acids is 2. The Labute approximate surface area is 228 Å². The molecule has 0 aliphatic carbocycles. The van der Waals surface area contributed by atoms with Crippen LogP contribution in [-0.4, -0.2) is 28.5 Å². The van der Waals surface area contributed by atoms with Crippen LogP contribution in [0, 0.1) is 13.8 Å². The number of phenolic OH excluding ortho intramolecular Hbond substituents is 1. The molecule has 1 saturated heterocycles. The van der Waals surface area contributed by atoms with Crippen molar-refractivity contribution in [1.29, 1.82) is 0 Å². The Morgan fingerprint density at radius 3 is 2.34 bits per heavy atom. The summed E-state index contributed by atoms with van der Waals surface area (Å²) in [5, 5.41) is 22.4. The number of ketones is 1. The number of anilines is 1. The quantitative estimate of drug-likeness (QED) is 0.210. The molecule has 1 fully saturated rings. The van der Waals surface area contributed by atoms with Gasteiger partial charge in [0.05, 0.1) is 18.2 Å². The number of aryl methyl sites for hydroxylation is 2. The number of halogens is 1. The van der Waals surface area contributed by atoms with Crippen molar-refractivity contribution in [2.45, 2.75) is 53.0 Å². The molecule has 0 radical (unpaired) electrons. The third-order valence-electron chi connectivity index (χ3n) is 6.83. The van der Waals surface area contributed by atoms with Crippen molar-refractivity contribution >= 4 is 34.7 Å². The number of rotatable bonds is 5. The number of amides is 1.